The highest BCUT2D eigenvalue weighted by molar-refractivity contribution is 7.99. The number of carbonyl (C=O) groups is 1. The predicted molar refractivity (Wildman–Crippen MR) is 50.4 cm³/mol. The molecule has 15 heavy (non-hydrogen) atoms. The van der Waals surface area contributed by atoms with E-state index in [2.05, 4.69) is 25.4 Å². The number of rotatable bonds is 5. The average Bonchev–Trinajstić information content (AvgIpc) is 2.61. The first kappa shape index (κ1) is 11.3. The fourth-order valence-corrected chi connectivity index (χ4v) is 1.45. The fourth-order valence-electron chi connectivity index (χ4n) is 0.727. The number of nitrogens with zero attached hydrogens (tertiary/aromatic N) is 3. The number of carboxylic acid groups (broad SMARTS) is 1. The summed E-state index contributed by atoms with van der Waals surface area (Å²) in [5.74, 6) is 0.479. The number of hydrogen-bond acceptors (Lipinski definition) is 7. The van der Waals surface area contributed by atoms with Gasteiger partial charge in [-0.1, -0.05) is 16.9 Å². The van der Waals surface area contributed by atoms with Crippen molar-refractivity contribution in [2.24, 2.45) is 5.16 Å². The summed E-state index contributed by atoms with van der Waals surface area (Å²) >= 11 is 1.24. The Labute approximate surface area is 88.3 Å². The van der Waals surface area contributed by atoms with Gasteiger partial charge in [-0.15, -0.1) is 0 Å². The van der Waals surface area contributed by atoms with Gasteiger partial charge in [0.1, 0.15) is 0 Å². The van der Waals surface area contributed by atoms with E-state index in [0.29, 0.717) is 16.5 Å². The van der Waals surface area contributed by atoms with Gasteiger partial charge >= 0.3 is 6.09 Å². The van der Waals surface area contributed by atoms with E-state index in [1.807, 2.05) is 0 Å². The molecule has 0 aliphatic heterocycles. The van der Waals surface area contributed by atoms with Crippen LogP contribution in [0.1, 0.15) is 5.69 Å². The second-order valence-corrected chi connectivity index (χ2v) is 3.36. The molecular formula is C6H8N4O4S. The summed E-state index contributed by atoms with van der Waals surface area (Å²) in [5.41, 5.74) is 0.304. The van der Waals surface area contributed by atoms with Crippen LogP contribution in [-0.4, -0.2) is 45.2 Å². The molecule has 0 aliphatic carbocycles. The summed E-state index contributed by atoms with van der Waals surface area (Å²) in [4.78, 5) is 10.1. The summed E-state index contributed by atoms with van der Waals surface area (Å²) in [5, 5.41) is 29.0. The smallest absolute Gasteiger partial charge is 0.404 e. The second-order valence-electron chi connectivity index (χ2n) is 2.28. The lowest BCUT2D eigenvalue weighted by Gasteiger charge is -1.97. The maximum Gasteiger partial charge on any atom is 0.404 e. The monoisotopic (exact) mass is 232 g/mol. The third-order valence-corrected chi connectivity index (χ3v) is 2.24. The Bertz CT molecular complexity index is 353. The highest BCUT2D eigenvalue weighted by atomic mass is 32.2. The zero-order valence-electron chi connectivity index (χ0n) is 7.45. The Morgan fingerprint density at radius 2 is 2.47 bits per heavy atom. The molecule has 82 valence electrons. The minimum absolute atomic E-state index is 0.280. The van der Waals surface area contributed by atoms with Crippen LogP contribution >= 0.6 is 11.8 Å². The quantitative estimate of drug-likeness (QED) is 0.218. The second kappa shape index (κ2) is 5.86. The average molecular weight is 232 g/mol. The van der Waals surface area contributed by atoms with E-state index in [1.165, 1.54) is 11.8 Å². The standard InChI is InChI=1S/C6H8N4O4S/c11-6(12)7-1-2-15-5-4(3-8-13)9-14-10-5/h3,7,13H,1-2H2,(H,11,12). The molecule has 0 saturated carbocycles. The summed E-state index contributed by atoms with van der Waals surface area (Å²) < 4.78 is 4.42. The molecule has 8 nitrogen and oxygen atoms in total. The van der Waals surface area contributed by atoms with Crippen LogP contribution in [0.5, 0.6) is 0 Å². The summed E-state index contributed by atoms with van der Waals surface area (Å²) in [6, 6.07) is 0. The molecular weight excluding hydrogens is 224 g/mol. The maximum absolute atomic E-state index is 10.1. The Balaban J connectivity index is 2.36. The van der Waals surface area contributed by atoms with Crippen LogP contribution in [0.15, 0.2) is 14.8 Å². The van der Waals surface area contributed by atoms with E-state index in [1.54, 1.807) is 0 Å². The number of oxime groups is 1. The van der Waals surface area contributed by atoms with Gasteiger partial charge in [0.05, 0.1) is 6.21 Å². The molecule has 0 saturated heterocycles. The van der Waals surface area contributed by atoms with E-state index >= 15 is 0 Å². The number of amides is 1. The van der Waals surface area contributed by atoms with Gasteiger partial charge in [-0.2, -0.15) is 0 Å². The van der Waals surface area contributed by atoms with Gasteiger partial charge in [0.25, 0.3) is 0 Å². The van der Waals surface area contributed by atoms with Gasteiger partial charge < -0.3 is 15.6 Å². The van der Waals surface area contributed by atoms with E-state index in [9.17, 15) is 4.79 Å². The van der Waals surface area contributed by atoms with Crippen molar-refractivity contribution in [1.82, 2.24) is 15.6 Å². The van der Waals surface area contributed by atoms with Gasteiger partial charge in [-0.25, -0.2) is 9.42 Å². The first-order valence-electron chi connectivity index (χ1n) is 3.83. The minimum atomic E-state index is -1.08. The van der Waals surface area contributed by atoms with Crippen molar-refractivity contribution < 1.29 is 19.7 Å². The van der Waals surface area contributed by atoms with Crippen molar-refractivity contribution in [2.45, 2.75) is 5.03 Å². The van der Waals surface area contributed by atoms with Crippen LogP contribution in [0, 0.1) is 0 Å². The molecule has 1 amide bonds. The molecule has 0 unspecified atom stereocenters. The Morgan fingerprint density at radius 3 is 3.13 bits per heavy atom. The van der Waals surface area contributed by atoms with Crippen molar-refractivity contribution in [1.29, 1.82) is 0 Å². The van der Waals surface area contributed by atoms with Crippen LogP contribution in [0.3, 0.4) is 0 Å². The Morgan fingerprint density at radius 1 is 1.67 bits per heavy atom. The molecule has 1 aromatic heterocycles. The SMILES string of the molecule is O=C(O)NCCSc1nonc1C=NO. The summed E-state index contributed by atoms with van der Waals surface area (Å²) in [6.45, 7) is 0.280. The van der Waals surface area contributed by atoms with E-state index in [-0.39, 0.29) is 6.54 Å². The molecule has 0 aliphatic rings. The number of hydrogen-bond donors (Lipinski definition) is 3. The van der Waals surface area contributed by atoms with E-state index < -0.39 is 6.09 Å². The third kappa shape index (κ3) is 3.85. The van der Waals surface area contributed by atoms with Crippen molar-refractivity contribution in [3.8, 4) is 0 Å². The zero-order chi connectivity index (χ0) is 11.1. The molecule has 3 N–H and O–H groups in total. The van der Waals surface area contributed by atoms with Gasteiger partial charge in [0, 0.05) is 12.3 Å². The Hall–Kier alpha value is -1.77. The maximum atomic E-state index is 10.1. The van der Waals surface area contributed by atoms with Gasteiger partial charge in [0.15, 0.2) is 10.7 Å². The lowest BCUT2D eigenvalue weighted by atomic mass is 10.5. The van der Waals surface area contributed by atoms with E-state index in [4.69, 9.17) is 10.3 Å². The first-order chi connectivity index (χ1) is 7.24. The normalized spacial score (nSPS) is 10.7. The molecule has 0 spiro atoms. The lowest BCUT2D eigenvalue weighted by Crippen LogP contribution is -2.23. The number of thioether (sulfide) groups is 1. The number of nitrogens with one attached hydrogen (secondary N) is 1. The highest BCUT2D eigenvalue weighted by Gasteiger charge is 2.08. The molecule has 0 radical (unpaired) electrons. The third-order valence-electron chi connectivity index (χ3n) is 1.28. The zero-order valence-corrected chi connectivity index (χ0v) is 8.27. The van der Waals surface area contributed by atoms with Crippen LogP contribution in [0.4, 0.5) is 4.79 Å². The van der Waals surface area contributed by atoms with Crippen molar-refractivity contribution in [3.63, 3.8) is 0 Å². The van der Waals surface area contributed by atoms with Gasteiger partial charge in [-0.3, -0.25) is 0 Å². The van der Waals surface area contributed by atoms with Crippen LogP contribution < -0.4 is 5.32 Å². The number of aromatic nitrogens is 2. The molecule has 0 fully saturated rings. The molecule has 0 aromatic carbocycles. The first-order valence-corrected chi connectivity index (χ1v) is 4.82. The molecule has 0 atom stereocenters. The summed E-state index contributed by atoms with van der Waals surface area (Å²) in [6.07, 6.45) is 0.00901. The van der Waals surface area contributed by atoms with Crippen LogP contribution in [0.2, 0.25) is 0 Å². The van der Waals surface area contributed by atoms with Crippen molar-refractivity contribution in [2.75, 3.05) is 12.3 Å². The van der Waals surface area contributed by atoms with Crippen molar-refractivity contribution in [3.05, 3.63) is 5.69 Å². The molecule has 1 heterocycles. The molecule has 1 aromatic rings. The molecule has 9 heteroatoms. The predicted octanol–water partition coefficient (Wildman–Crippen LogP) is 0.237. The highest BCUT2D eigenvalue weighted by Crippen LogP contribution is 2.16. The van der Waals surface area contributed by atoms with Crippen LogP contribution in [-0.2, 0) is 0 Å². The van der Waals surface area contributed by atoms with E-state index in [0.717, 1.165) is 6.21 Å². The minimum Gasteiger partial charge on any atom is -0.465 e. The van der Waals surface area contributed by atoms with Gasteiger partial charge in [-0.05, 0) is 10.3 Å². The molecule has 0 bridgehead atoms. The Kier molecular flexibility index (Phi) is 4.41. The van der Waals surface area contributed by atoms with Crippen molar-refractivity contribution >= 4 is 24.1 Å². The topological polar surface area (TPSA) is 121 Å². The summed E-state index contributed by atoms with van der Waals surface area (Å²) in [7, 11) is 0. The van der Waals surface area contributed by atoms with Crippen LogP contribution in [0.25, 0.3) is 0 Å². The van der Waals surface area contributed by atoms with Gasteiger partial charge in [0.2, 0.25) is 0 Å². The lowest BCUT2D eigenvalue weighted by molar-refractivity contribution is 0.195. The largest absolute Gasteiger partial charge is 0.465 e. The fraction of sp³-hybridized carbons (Fsp3) is 0.333. The molecule has 1 rings (SSSR count).